The van der Waals surface area contributed by atoms with Gasteiger partial charge in [0.2, 0.25) is 0 Å². The van der Waals surface area contributed by atoms with E-state index in [0.717, 1.165) is 6.42 Å². The molecular formula is C9H9NO. The van der Waals surface area contributed by atoms with Crippen molar-refractivity contribution in [3.8, 4) is 6.07 Å². The predicted octanol–water partition coefficient (Wildman–Crippen LogP) is 0.981. The van der Waals surface area contributed by atoms with Gasteiger partial charge in [-0.2, -0.15) is 5.26 Å². The molecule has 4 fully saturated rings. The minimum Gasteiger partial charge on any atom is -0.299 e. The molecule has 56 valence electrons. The second-order valence-electron chi connectivity index (χ2n) is 4.04. The number of carbonyl (C=O) groups is 1. The van der Waals surface area contributed by atoms with Crippen LogP contribution in [-0.4, -0.2) is 5.78 Å². The van der Waals surface area contributed by atoms with Crippen molar-refractivity contribution < 1.29 is 4.79 Å². The van der Waals surface area contributed by atoms with Gasteiger partial charge < -0.3 is 0 Å². The van der Waals surface area contributed by atoms with E-state index in [-0.39, 0.29) is 0 Å². The first-order valence-corrected chi connectivity index (χ1v) is 4.25. The molecular weight excluding hydrogens is 138 g/mol. The molecule has 0 amide bonds. The highest BCUT2D eigenvalue weighted by atomic mass is 16.1. The maximum atomic E-state index is 11.4. The first kappa shape index (κ1) is 5.77. The van der Waals surface area contributed by atoms with Crippen molar-refractivity contribution in [1.82, 2.24) is 0 Å². The van der Waals surface area contributed by atoms with Crippen LogP contribution in [0.15, 0.2) is 0 Å². The summed E-state index contributed by atoms with van der Waals surface area (Å²) in [4.78, 5) is 11.4. The third kappa shape index (κ3) is 0.454. The normalized spacial score (nSPS) is 56.3. The third-order valence-electron chi connectivity index (χ3n) is 3.79. The molecule has 0 aromatic carbocycles. The lowest BCUT2D eigenvalue weighted by Gasteiger charge is -2.06. The highest BCUT2D eigenvalue weighted by molar-refractivity contribution is 5.93. The number of Topliss-reactive ketones (excluding diaryl/α,β-unsaturated/α-hetero) is 1. The van der Waals surface area contributed by atoms with E-state index in [0.29, 0.717) is 41.8 Å². The van der Waals surface area contributed by atoms with E-state index in [1.807, 2.05) is 0 Å². The van der Waals surface area contributed by atoms with E-state index in [1.165, 1.54) is 0 Å². The van der Waals surface area contributed by atoms with Gasteiger partial charge in [0.05, 0.1) is 6.07 Å². The van der Waals surface area contributed by atoms with E-state index in [9.17, 15) is 4.79 Å². The summed E-state index contributed by atoms with van der Waals surface area (Å²) in [5, 5.41) is 8.52. The molecule has 0 aliphatic heterocycles. The number of hydrogen-bond acceptors (Lipinski definition) is 2. The molecule has 2 heteroatoms. The Morgan fingerprint density at radius 3 is 2.82 bits per heavy atom. The second-order valence-corrected chi connectivity index (χ2v) is 4.04. The van der Waals surface area contributed by atoms with Crippen LogP contribution in [0.25, 0.3) is 0 Å². The first-order chi connectivity index (χ1) is 5.34. The van der Waals surface area contributed by atoms with Crippen molar-refractivity contribution in [1.29, 1.82) is 5.26 Å². The Balaban J connectivity index is 1.93. The summed E-state index contributed by atoms with van der Waals surface area (Å²) in [6.45, 7) is 0. The zero-order valence-corrected chi connectivity index (χ0v) is 6.16. The summed E-state index contributed by atoms with van der Waals surface area (Å²) < 4.78 is 0. The van der Waals surface area contributed by atoms with Crippen LogP contribution in [0.5, 0.6) is 0 Å². The minimum absolute atomic E-state index is 0.301. The lowest BCUT2D eigenvalue weighted by atomic mass is 9.95. The Morgan fingerprint density at radius 1 is 1.64 bits per heavy atom. The monoisotopic (exact) mass is 147 g/mol. The van der Waals surface area contributed by atoms with Gasteiger partial charge in [-0.05, 0) is 24.2 Å². The molecule has 0 saturated heterocycles. The van der Waals surface area contributed by atoms with Crippen molar-refractivity contribution in [3.05, 3.63) is 0 Å². The summed E-state index contributed by atoms with van der Waals surface area (Å²) in [5.74, 6) is 3.02. The number of hydrogen-bond donors (Lipinski definition) is 0. The maximum Gasteiger partial charge on any atom is 0.139 e. The van der Waals surface area contributed by atoms with E-state index < -0.39 is 0 Å². The Kier molecular flexibility index (Phi) is 0.787. The van der Waals surface area contributed by atoms with Gasteiger partial charge in [0.25, 0.3) is 0 Å². The predicted molar refractivity (Wildman–Crippen MR) is 37.3 cm³/mol. The molecule has 0 aromatic rings. The molecule has 5 atom stereocenters. The van der Waals surface area contributed by atoms with Crippen molar-refractivity contribution in [2.45, 2.75) is 12.8 Å². The van der Waals surface area contributed by atoms with Crippen LogP contribution in [0.3, 0.4) is 0 Å². The molecule has 11 heavy (non-hydrogen) atoms. The average Bonchev–Trinajstić information content (AvgIpc) is 2.36. The topological polar surface area (TPSA) is 40.9 Å². The summed E-state index contributed by atoms with van der Waals surface area (Å²) in [6.07, 6.45) is 1.73. The van der Waals surface area contributed by atoms with Crippen molar-refractivity contribution in [3.63, 3.8) is 0 Å². The SMILES string of the molecule is N#CC[C@@H]1[C@@H]2[C@H]3C[C@@H]1C(=O)[C@H]32. The molecule has 0 radical (unpaired) electrons. The third-order valence-corrected chi connectivity index (χ3v) is 3.79. The molecule has 0 N–H and O–H groups in total. The van der Waals surface area contributed by atoms with Crippen LogP contribution in [0.4, 0.5) is 0 Å². The fourth-order valence-corrected chi connectivity index (χ4v) is 3.38. The van der Waals surface area contributed by atoms with Crippen LogP contribution in [0.2, 0.25) is 0 Å². The Labute approximate surface area is 65.2 Å². The molecule has 4 bridgehead atoms. The van der Waals surface area contributed by atoms with Gasteiger partial charge in [-0.1, -0.05) is 0 Å². The van der Waals surface area contributed by atoms with Gasteiger partial charge in [-0.3, -0.25) is 4.79 Å². The number of carbonyl (C=O) groups excluding carboxylic acids is 1. The standard InChI is InChI=1S/C9H9NO/c10-2-1-4-5-3-6-7(4)8(6)9(5)11/h4-8H,1,3H2/t4-,5-,6+,7+,8+/m0/s1. The molecule has 2 nitrogen and oxygen atoms in total. The summed E-state index contributed by atoms with van der Waals surface area (Å²) in [6, 6.07) is 2.19. The number of rotatable bonds is 1. The summed E-state index contributed by atoms with van der Waals surface area (Å²) >= 11 is 0. The average molecular weight is 147 g/mol. The van der Waals surface area contributed by atoms with Gasteiger partial charge in [0.15, 0.2) is 0 Å². The van der Waals surface area contributed by atoms with Gasteiger partial charge in [0, 0.05) is 18.3 Å². The lowest BCUT2D eigenvalue weighted by Crippen LogP contribution is -2.10. The quantitative estimate of drug-likeness (QED) is 0.554. The van der Waals surface area contributed by atoms with Crippen molar-refractivity contribution >= 4 is 5.78 Å². The number of ketones is 1. The van der Waals surface area contributed by atoms with Gasteiger partial charge >= 0.3 is 0 Å². The van der Waals surface area contributed by atoms with Crippen LogP contribution in [0.1, 0.15) is 12.8 Å². The number of nitrogens with zero attached hydrogens (tertiary/aromatic N) is 1. The fraction of sp³-hybridized carbons (Fsp3) is 0.778. The van der Waals surface area contributed by atoms with Gasteiger partial charge in [-0.25, -0.2) is 0 Å². The summed E-state index contributed by atoms with van der Waals surface area (Å²) in [5.41, 5.74) is 0. The highest BCUT2D eigenvalue weighted by Gasteiger charge is 2.73. The molecule has 0 spiro atoms. The highest BCUT2D eigenvalue weighted by Crippen LogP contribution is 2.71. The van der Waals surface area contributed by atoms with Gasteiger partial charge in [0.1, 0.15) is 5.78 Å². The lowest BCUT2D eigenvalue weighted by molar-refractivity contribution is -0.121. The van der Waals surface area contributed by atoms with Crippen LogP contribution in [-0.2, 0) is 4.79 Å². The Morgan fingerprint density at radius 2 is 2.45 bits per heavy atom. The van der Waals surface area contributed by atoms with E-state index >= 15 is 0 Å². The molecule has 4 aliphatic carbocycles. The molecule has 0 heterocycles. The number of nitriles is 1. The first-order valence-electron chi connectivity index (χ1n) is 4.25. The molecule has 4 saturated carbocycles. The van der Waals surface area contributed by atoms with Crippen LogP contribution in [0, 0.1) is 40.9 Å². The fourth-order valence-electron chi connectivity index (χ4n) is 3.38. The zero-order chi connectivity index (χ0) is 7.59. The van der Waals surface area contributed by atoms with E-state index in [1.54, 1.807) is 0 Å². The van der Waals surface area contributed by atoms with Crippen LogP contribution >= 0.6 is 0 Å². The Hall–Kier alpha value is -0.840. The van der Waals surface area contributed by atoms with Crippen molar-refractivity contribution in [2.75, 3.05) is 0 Å². The zero-order valence-electron chi connectivity index (χ0n) is 6.16. The molecule has 4 aliphatic rings. The molecule has 0 aromatic heterocycles. The van der Waals surface area contributed by atoms with Crippen molar-refractivity contribution in [2.24, 2.45) is 29.6 Å². The largest absolute Gasteiger partial charge is 0.299 e. The van der Waals surface area contributed by atoms with E-state index in [2.05, 4.69) is 6.07 Å². The maximum absolute atomic E-state index is 11.4. The minimum atomic E-state index is 0.301. The Bertz CT molecular complexity index is 278. The smallest absolute Gasteiger partial charge is 0.139 e. The van der Waals surface area contributed by atoms with E-state index in [4.69, 9.17) is 5.26 Å². The van der Waals surface area contributed by atoms with Gasteiger partial charge in [-0.15, -0.1) is 0 Å². The van der Waals surface area contributed by atoms with Crippen LogP contribution < -0.4 is 0 Å². The second kappa shape index (κ2) is 1.50. The summed E-state index contributed by atoms with van der Waals surface area (Å²) in [7, 11) is 0. The molecule has 4 rings (SSSR count). The molecule has 0 unspecified atom stereocenters.